The topological polar surface area (TPSA) is 37.8 Å². The minimum absolute atomic E-state index is 0.357. The van der Waals surface area contributed by atoms with E-state index in [2.05, 4.69) is 45.6 Å². The molecule has 0 spiro atoms. The largest absolute Gasteiger partial charge is 0.309 e. The average Bonchev–Trinajstić information content (AvgIpc) is 3.06. The van der Waals surface area contributed by atoms with E-state index in [1.54, 1.807) is 22.9 Å². The molecule has 0 aliphatic heterocycles. The van der Waals surface area contributed by atoms with Gasteiger partial charge in [0, 0.05) is 6.04 Å². The van der Waals surface area contributed by atoms with Gasteiger partial charge in [0.05, 0.1) is 10.6 Å². The van der Waals surface area contributed by atoms with E-state index in [1.165, 1.54) is 16.1 Å². The van der Waals surface area contributed by atoms with Crippen molar-refractivity contribution < 1.29 is 0 Å². The van der Waals surface area contributed by atoms with Crippen molar-refractivity contribution in [2.24, 2.45) is 0 Å². The van der Waals surface area contributed by atoms with Gasteiger partial charge in [0.25, 0.3) is 0 Å². The number of rotatable bonds is 8. The number of nitrogens with zero attached hydrogens (tertiary/aromatic N) is 2. The first kappa shape index (κ1) is 14.6. The van der Waals surface area contributed by atoms with Gasteiger partial charge in [-0.25, -0.2) is 0 Å². The molecule has 0 bridgehead atoms. The van der Waals surface area contributed by atoms with Crippen molar-refractivity contribution >= 4 is 22.9 Å². The van der Waals surface area contributed by atoms with E-state index < -0.39 is 0 Å². The van der Waals surface area contributed by atoms with Crippen molar-refractivity contribution in [1.29, 1.82) is 0 Å². The van der Waals surface area contributed by atoms with E-state index in [4.69, 9.17) is 0 Å². The van der Waals surface area contributed by atoms with Crippen molar-refractivity contribution in [2.75, 3.05) is 6.54 Å². The highest BCUT2D eigenvalue weighted by molar-refractivity contribution is 7.08. The normalized spacial score (nSPS) is 12.7. The highest BCUT2D eigenvalue weighted by Crippen LogP contribution is 2.25. The number of aromatic nitrogens is 2. The molecule has 2 aromatic heterocycles. The molecule has 2 aromatic rings. The Balaban J connectivity index is 2.13. The maximum Gasteiger partial charge on any atom is 0.0803 e. The lowest BCUT2D eigenvalue weighted by molar-refractivity contribution is 0.532. The Bertz CT molecular complexity index is 465. The highest BCUT2D eigenvalue weighted by Gasteiger charge is 2.19. The second-order valence-electron chi connectivity index (χ2n) is 4.68. The first-order valence-electron chi connectivity index (χ1n) is 6.90. The van der Waals surface area contributed by atoms with Crippen molar-refractivity contribution in [1.82, 2.24) is 14.9 Å². The summed E-state index contributed by atoms with van der Waals surface area (Å²) in [4.78, 5) is 1.32. The van der Waals surface area contributed by atoms with Gasteiger partial charge in [-0.05, 0) is 59.7 Å². The molecule has 0 amide bonds. The zero-order valence-corrected chi connectivity index (χ0v) is 13.2. The van der Waals surface area contributed by atoms with Gasteiger partial charge in [-0.1, -0.05) is 24.8 Å². The number of nitrogens with one attached hydrogen (secondary N) is 1. The molecule has 5 heteroatoms. The smallest absolute Gasteiger partial charge is 0.0803 e. The van der Waals surface area contributed by atoms with E-state index >= 15 is 0 Å². The molecule has 3 nitrogen and oxygen atoms in total. The van der Waals surface area contributed by atoms with Crippen LogP contribution in [-0.4, -0.2) is 16.1 Å². The van der Waals surface area contributed by atoms with Crippen LogP contribution in [0.3, 0.4) is 0 Å². The fourth-order valence-electron chi connectivity index (χ4n) is 2.11. The second kappa shape index (κ2) is 7.72. The van der Waals surface area contributed by atoms with Gasteiger partial charge >= 0.3 is 0 Å². The summed E-state index contributed by atoms with van der Waals surface area (Å²) < 4.78 is 4.15. The van der Waals surface area contributed by atoms with Gasteiger partial charge in [0.15, 0.2) is 0 Å². The molecule has 2 rings (SSSR count). The van der Waals surface area contributed by atoms with E-state index in [-0.39, 0.29) is 0 Å². The third-order valence-corrected chi connectivity index (χ3v) is 4.66. The predicted octanol–water partition coefficient (Wildman–Crippen LogP) is 3.84. The third kappa shape index (κ3) is 4.09. The van der Waals surface area contributed by atoms with E-state index in [0.717, 1.165) is 32.2 Å². The van der Waals surface area contributed by atoms with Crippen LogP contribution in [0.1, 0.15) is 48.9 Å². The third-order valence-electron chi connectivity index (χ3n) is 3.05. The SMILES string of the molecule is CCCNC(Cc1ccsc1)c1snnc1CCC. The van der Waals surface area contributed by atoms with Gasteiger partial charge in [-0.3, -0.25) is 0 Å². The number of thiophene rings is 1. The molecule has 2 heterocycles. The van der Waals surface area contributed by atoms with Crippen LogP contribution < -0.4 is 5.32 Å². The van der Waals surface area contributed by atoms with E-state index in [9.17, 15) is 0 Å². The molecule has 0 radical (unpaired) electrons. The maximum absolute atomic E-state index is 4.30. The molecule has 1 atom stereocenters. The van der Waals surface area contributed by atoms with E-state index in [1.807, 2.05) is 0 Å². The van der Waals surface area contributed by atoms with Crippen molar-refractivity contribution in [3.05, 3.63) is 33.0 Å². The van der Waals surface area contributed by atoms with Crippen LogP contribution in [0.5, 0.6) is 0 Å². The van der Waals surface area contributed by atoms with Crippen LogP contribution in [0.4, 0.5) is 0 Å². The lowest BCUT2D eigenvalue weighted by Gasteiger charge is -2.17. The summed E-state index contributed by atoms with van der Waals surface area (Å²) in [5.74, 6) is 0. The molecule has 0 aliphatic carbocycles. The quantitative estimate of drug-likeness (QED) is 0.804. The zero-order chi connectivity index (χ0) is 13.5. The Kier molecular flexibility index (Phi) is 5.94. The summed E-state index contributed by atoms with van der Waals surface area (Å²) in [6.07, 6.45) is 4.33. The lowest BCUT2D eigenvalue weighted by Crippen LogP contribution is -2.24. The molecule has 19 heavy (non-hydrogen) atoms. The minimum atomic E-state index is 0.357. The molecular formula is C14H21N3S2. The summed E-state index contributed by atoms with van der Waals surface area (Å²) in [7, 11) is 0. The van der Waals surface area contributed by atoms with Crippen LogP contribution in [0.25, 0.3) is 0 Å². The number of aryl methyl sites for hydroxylation is 1. The summed E-state index contributed by atoms with van der Waals surface area (Å²) >= 11 is 3.31. The molecule has 0 fully saturated rings. The zero-order valence-electron chi connectivity index (χ0n) is 11.6. The first-order valence-corrected chi connectivity index (χ1v) is 8.62. The second-order valence-corrected chi connectivity index (χ2v) is 6.24. The summed E-state index contributed by atoms with van der Waals surface area (Å²) in [5, 5.41) is 12.3. The fraction of sp³-hybridized carbons (Fsp3) is 0.571. The van der Waals surface area contributed by atoms with Crippen molar-refractivity contribution in [3.8, 4) is 0 Å². The lowest BCUT2D eigenvalue weighted by atomic mass is 10.0. The van der Waals surface area contributed by atoms with Crippen LogP contribution >= 0.6 is 22.9 Å². The highest BCUT2D eigenvalue weighted by atomic mass is 32.1. The predicted molar refractivity (Wildman–Crippen MR) is 83.0 cm³/mol. The summed E-state index contributed by atoms with van der Waals surface area (Å²) in [5.41, 5.74) is 2.57. The average molecular weight is 295 g/mol. The van der Waals surface area contributed by atoms with Crippen LogP contribution in [0, 0.1) is 0 Å². The number of hydrogen-bond donors (Lipinski definition) is 1. The Labute approximate surface area is 123 Å². The molecule has 1 N–H and O–H groups in total. The fourth-order valence-corrected chi connectivity index (χ4v) is 3.56. The summed E-state index contributed by atoms with van der Waals surface area (Å²) in [6.45, 7) is 5.43. The van der Waals surface area contributed by atoms with Crippen LogP contribution in [0.2, 0.25) is 0 Å². The van der Waals surface area contributed by atoms with Crippen LogP contribution in [0.15, 0.2) is 16.8 Å². The van der Waals surface area contributed by atoms with Gasteiger partial charge in [0.1, 0.15) is 0 Å². The summed E-state index contributed by atoms with van der Waals surface area (Å²) in [6, 6.07) is 2.57. The Morgan fingerprint density at radius 3 is 2.89 bits per heavy atom. The van der Waals surface area contributed by atoms with Gasteiger partial charge in [-0.15, -0.1) is 5.10 Å². The van der Waals surface area contributed by atoms with E-state index in [0.29, 0.717) is 6.04 Å². The van der Waals surface area contributed by atoms with Gasteiger partial charge < -0.3 is 5.32 Å². The standard InChI is InChI=1S/C14H21N3S2/c1-3-5-12-14(19-17-16-12)13(15-7-4-2)9-11-6-8-18-10-11/h6,8,10,13,15H,3-5,7,9H2,1-2H3. The maximum atomic E-state index is 4.30. The Morgan fingerprint density at radius 1 is 1.32 bits per heavy atom. The Morgan fingerprint density at radius 2 is 2.21 bits per heavy atom. The van der Waals surface area contributed by atoms with Crippen molar-refractivity contribution in [2.45, 2.75) is 45.6 Å². The molecule has 1 unspecified atom stereocenters. The minimum Gasteiger partial charge on any atom is -0.309 e. The van der Waals surface area contributed by atoms with Crippen molar-refractivity contribution in [3.63, 3.8) is 0 Å². The monoisotopic (exact) mass is 295 g/mol. The number of hydrogen-bond acceptors (Lipinski definition) is 5. The molecule has 0 saturated heterocycles. The molecular weight excluding hydrogens is 274 g/mol. The first-order chi connectivity index (χ1) is 9.35. The molecule has 0 aliphatic rings. The molecule has 0 saturated carbocycles. The van der Waals surface area contributed by atoms with Gasteiger partial charge in [0.2, 0.25) is 0 Å². The van der Waals surface area contributed by atoms with Crippen LogP contribution in [-0.2, 0) is 12.8 Å². The molecule has 104 valence electrons. The molecule has 0 aromatic carbocycles. The van der Waals surface area contributed by atoms with Gasteiger partial charge in [-0.2, -0.15) is 11.3 Å². The Hall–Kier alpha value is -0.780.